The van der Waals surface area contributed by atoms with E-state index < -0.39 is 25.8 Å². The molecule has 1 aromatic heterocycles. The van der Waals surface area contributed by atoms with Crippen molar-refractivity contribution in [1.82, 2.24) is 4.98 Å². The molecule has 3 rings (SSSR count). The van der Waals surface area contributed by atoms with E-state index in [9.17, 15) is 17.2 Å². The number of nitrogens with one attached hydrogen (secondary N) is 1. The first-order valence-corrected chi connectivity index (χ1v) is 10.4. The Hall–Kier alpha value is -2.23. The molecule has 0 saturated carbocycles. The Morgan fingerprint density at radius 1 is 1.19 bits per heavy atom. The third-order valence-electron chi connectivity index (χ3n) is 3.54. The number of rotatable bonds is 7. The van der Waals surface area contributed by atoms with Crippen LogP contribution in [0.4, 0.5) is 13.9 Å². The Balaban J connectivity index is 1.74. The Morgan fingerprint density at radius 3 is 2.67 bits per heavy atom. The van der Waals surface area contributed by atoms with Crippen LogP contribution in [-0.2, 0) is 16.4 Å². The molecule has 0 aliphatic rings. The minimum Gasteiger partial charge on any atom is -0.492 e. The molecule has 1 heterocycles. The van der Waals surface area contributed by atoms with Gasteiger partial charge >= 0.3 is 0 Å². The maximum Gasteiger partial charge on any atom is 0.266 e. The normalized spacial score (nSPS) is 11.4. The molecule has 0 bridgehead atoms. The predicted molar refractivity (Wildman–Crippen MR) is 99.9 cm³/mol. The fraction of sp³-hybridized carbons (Fsp3) is 0.118. The number of hydrogen-bond donors (Lipinski definition) is 1. The number of hydrogen-bond acceptors (Lipinski definition) is 5. The van der Waals surface area contributed by atoms with Gasteiger partial charge in [0.2, 0.25) is 0 Å². The summed E-state index contributed by atoms with van der Waals surface area (Å²) in [6, 6.07) is 8.52. The van der Waals surface area contributed by atoms with Gasteiger partial charge in [0.25, 0.3) is 10.0 Å². The average Bonchev–Trinajstić information content (AvgIpc) is 3.12. The minimum atomic E-state index is -4.19. The summed E-state index contributed by atoms with van der Waals surface area (Å²) in [5.74, 6) is -1.53. The highest BCUT2D eigenvalue weighted by Gasteiger charge is 2.24. The molecule has 5 nitrogen and oxygen atoms in total. The maximum atomic E-state index is 14.5. The first-order valence-electron chi connectivity index (χ1n) is 7.65. The SMILES string of the molecule is O=S(=O)(Nc1nccs1)c1ccc(OCCc2ccccc2F)c(Cl)c1F. The van der Waals surface area contributed by atoms with E-state index in [1.54, 1.807) is 23.6 Å². The van der Waals surface area contributed by atoms with Crippen molar-refractivity contribution in [1.29, 1.82) is 0 Å². The van der Waals surface area contributed by atoms with Gasteiger partial charge in [-0.05, 0) is 23.8 Å². The summed E-state index contributed by atoms with van der Waals surface area (Å²) >= 11 is 6.98. The van der Waals surface area contributed by atoms with Crippen LogP contribution in [0.2, 0.25) is 5.02 Å². The zero-order chi connectivity index (χ0) is 19.4. The van der Waals surface area contributed by atoms with E-state index >= 15 is 0 Å². The molecule has 0 aliphatic heterocycles. The Kier molecular flexibility index (Phi) is 5.93. The van der Waals surface area contributed by atoms with Crippen LogP contribution in [0.25, 0.3) is 0 Å². The molecule has 1 N–H and O–H groups in total. The molecule has 0 saturated heterocycles. The highest BCUT2D eigenvalue weighted by molar-refractivity contribution is 7.93. The first kappa shape index (κ1) is 19.5. The second-order valence-corrected chi connectivity index (χ2v) is 8.25. The number of nitrogens with zero attached hydrogens (tertiary/aromatic N) is 1. The Labute approximate surface area is 163 Å². The summed E-state index contributed by atoms with van der Waals surface area (Å²) in [5, 5.41) is 1.22. The van der Waals surface area contributed by atoms with Gasteiger partial charge in [0.15, 0.2) is 10.9 Å². The van der Waals surface area contributed by atoms with E-state index in [-0.39, 0.29) is 29.7 Å². The second kappa shape index (κ2) is 8.20. The number of benzene rings is 2. The topological polar surface area (TPSA) is 68.3 Å². The van der Waals surface area contributed by atoms with Crippen molar-refractivity contribution in [2.45, 2.75) is 11.3 Å². The predicted octanol–water partition coefficient (Wildman–Crippen LogP) is 4.50. The molecule has 0 fully saturated rings. The number of sulfonamides is 1. The van der Waals surface area contributed by atoms with Crippen LogP contribution in [0.5, 0.6) is 5.75 Å². The highest BCUT2D eigenvalue weighted by Crippen LogP contribution is 2.32. The number of halogens is 3. The lowest BCUT2D eigenvalue weighted by Crippen LogP contribution is -2.15. The number of ether oxygens (including phenoxy) is 1. The van der Waals surface area contributed by atoms with Crippen LogP contribution in [0, 0.1) is 11.6 Å². The standard InChI is InChI=1S/C17H13ClF2N2O3S2/c18-15-13(25-9-7-11-3-1-2-4-12(11)19)5-6-14(16(15)20)27(23,24)22-17-21-8-10-26-17/h1-6,8,10H,7,9H2,(H,21,22). The number of aromatic nitrogens is 1. The van der Waals surface area contributed by atoms with Gasteiger partial charge in [0.05, 0.1) is 6.61 Å². The van der Waals surface area contributed by atoms with Crippen molar-refractivity contribution in [3.05, 3.63) is 70.2 Å². The number of thiazole rings is 1. The lowest BCUT2D eigenvalue weighted by Gasteiger charge is -2.12. The van der Waals surface area contributed by atoms with Crippen molar-refractivity contribution in [3.8, 4) is 5.75 Å². The van der Waals surface area contributed by atoms with Gasteiger partial charge in [-0.3, -0.25) is 4.72 Å². The van der Waals surface area contributed by atoms with E-state index in [0.29, 0.717) is 5.56 Å². The van der Waals surface area contributed by atoms with E-state index in [1.165, 1.54) is 18.3 Å². The van der Waals surface area contributed by atoms with Gasteiger partial charge in [0.1, 0.15) is 21.5 Å². The van der Waals surface area contributed by atoms with Gasteiger partial charge in [-0.25, -0.2) is 22.2 Å². The lowest BCUT2D eigenvalue weighted by molar-refractivity contribution is 0.318. The molecule has 27 heavy (non-hydrogen) atoms. The summed E-state index contributed by atoms with van der Waals surface area (Å²) in [7, 11) is -4.19. The first-order chi connectivity index (χ1) is 12.9. The molecule has 2 aromatic carbocycles. The summed E-state index contributed by atoms with van der Waals surface area (Å²) in [6.07, 6.45) is 1.66. The summed E-state index contributed by atoms with van der Waals surface area (Å²) < 4.78 is 60.2. The Morgan fingerprint density at radius 2 is 1.96 bits per heavy atom. The van der Waals surface area contributed by atoms with Crippen molar-refractivity contribution in [2.75, 3.05) is 11.3 Å². The van der Waals surface area contributed by atoms with Gasteiger partial charge in [-0.15, -0.1) is 11.3 Å². The van der Waals surface area contributed by atoms with E-state index in [0.717, 1.165) is 17.4 Å². The van der Waals surface area contributed by atoms with Crippen molar-refractivity contribution < 1.29 is 21.9 Å². The third kappa shape index (κ3) is 4.55. The Bertz CT molecular complexity index is 1040. The monoisotopic (exact) mass is 430 g/mol. The zero-order valence-electron chi connectivity index (χ0n) is 13.7. The van der Waals surface area contributed by atoms with Crippen LogP contribution in [0.3, 0.4) is 0 Å². The zero-order valence-corrected chi connectivity index (χ0v) is 16.0. The second-order valence-electron chi connectivity index (χ2n) is 5.32. The largest absolute Gasteiger partial charge is 0.492 e. The van der Waals surface area contributed by atoms with Crippen LogP contribution in [0.1, 0.15) is 5.56 Å². The highest BCUT2D eigenvalue weighted by atomic mass is 35.5. The van der Waals surface area contributed by atoms with E-state index in [2.05, 4.69) is 9.71 Å². The summed E-state index contributed by atoms with van der Waals surface area (Å²) in [5.41, 5.74) is 0.445. The van der Waals surface area contributed by atoms with Crippen LogP contribution in [-0.4, -0.2) is 20.0 Å². The quantitative estimate of drug-likeness (QED) is 0.599. The molecule has 10 heteroatoms. The van der Waals surface area contributed by atoms with Gasteiger partial charge in [0, 0.05) is 18.0 Å². The maximum absolute atomic E-state index is 14.5. The van der Waals surface area contributed by atoms with Crippen molar-refractivity contribution in [2.24, 2.45) is 0 Å². The van der Waals surface area contributed by atoms with Gasteiger partial charge < -0.3 is 4.74 Å². The van der Waals surface area contributed by atoms with Crippen LogP contribution >= 0.6 is 22.9 Å². The van der Waals surface area contributed by atoms with Gasteiger partial charge in [-0.1, -0.05) is 29.8 Å². The van der Waals surface area contributed by atoms with Crippen LogP contribution in [0.15, 0.2) is 52.9 Å². The van der Waals surface area contributed by atoms with Crippen LogP contribution < -0.4 is 9.46 Å². The molecule has 0 atom stereocenters. The van der Waals surface area contributed by atoms with E-state index in [1.807, 2.05) is 0 Å². The molecule has 0 spiro atoms. The van der Waals surface area contributed by atoms with Gasteiger partial charge in [-0.2, -0.15) is 0 Å². The molecular formula is C17H13ClF2N2O3S2. The molecule has 0 amide bonds. The average molecular weight is 431 g/mol. The molecule has 3 aromatic rings. The fourth-order valence-corrected chi connectivity index (χ4v) is 4.40. The molecule has 0 unspecified atom stereocenters. The van der Waals surface area contributed by atoms with E-state index in [4.69, 9.17) is 16.3 Å². The molecule has 0 radical (unpaired) electrons. The summed E-state index contributed by atoms with van der Waals surface area (Å²) in [6.45, 7) is 0.0452. The molecule has 142 valence electrons. The van der Waals surface area contributed by atoms with Crippen molar-refractivity contribution >= 4 is 38.1 Å². The molecular weight excluding hydrogens is 418 g/mol. The lowest BCUT2D eigenvalue weighted by atomic mass is 10.1. The summed E-state index contributed by atoms with van der Waals surface area (Å²) in [4.78, 5) is 3.17. The number of anilines is 1. The third-order valence-corrected chi connectivity index (χ3v) is 6.07. The van der Waals surface area contributed by atoms with Crippen molar-refractivity contribution in [3.63, 3.8) is 0 Å². The molecule has 0 aliphatic carbocycles. The minimum absolute atomic E-state index is 0.0290. The fourth-order valence-electron chi connectivity index (χ4n) is 2.25. The smallest absolute Gasteiger partial charge is 0.266 e.